The predicted octanol–water partition coefficient (Wildman–Crippen LogP) is 1.47. The van der Waals surface area contributed by atoms with Crippen molar-refractivity contribution in [1.82, 2.24) is 24.6 Å². The van der Waals surface area contributed by atoms with E-state index in [1.165, 1.54) is 5.56 Å². The molecule has 0 bridgehead atoms. The van der Waals surface area contributed by atoms with Gasteiger partial charge in [0.25, 0.3) is 0 Å². The molecule has 0 aliphatic carbocycles. The molecule has 2 amide bonds. The van der Waals surface area contributed by atoms with Crippen LogP contribution in [0.15, 0.2) is 30.6 Å². The molecule has 0 radical (unpaired) electrons. The lowest BCUT2D eigenvalue weighted by atomic mass is 10.2. The van der Waals surface area contributed by atoms with Crippen LogP contribution in [-0.2, 0) is 13.6 Å². The maximum Gasteiger partial charge on any atom is 0.321 e. The summed E-state index contributed by atoms with van der Waals surface area (Å²) in [6.45, 7) is 5.92. The van der Waals surface area contributed by atoms with E-state index >= 15 is 0 Å². The van der Waals surface area contributed by atoms with Crippen LogP contribution in [0.5, 0.6) is 0 Å². The first-order valence-corrected chi connectivity index (χ1v) is 7.79. The average Bonchev–Trinajstić information content (AvgIpc) is 2.95. The quantitative estimate of drug-likeness (QED) is 0.932. The van der Waals surface area contributed by atoms with Gasteiger partial charge >= 0.3 is 6.03 Å². The fraction of sp³-hybridized carbons (Fsp3) is 0.438. The molecule has 3 rings (SSSR count). The molecule has 1 aliphatic heterocycles. The van der Waals surface area contributed by atoms with Gasteiger partial charge in [-0.05, 0) is 19.1 Å². The summed E-state index contributed by atoms with van der Waals surface area (Å²) in [5.41, 5.74) is 2.02. The fourth-order valence-electron chi connectivity index (χ4n) is 2.60. The first-order chi connectivity index (χ1) is 11.1. The van der Waals surface area contributed by atoms with Crippen LogP contribution in [0.3, 0.4) is 0 Å². The standard InChI is InChI=1S/C16H22N6O/c1-13-3-5-14(6-4-13)18-16(23)22-9-7-21(8-10-22)11-15-19-17-12-20(15)2/h3-6,12H,7-11H2,1-2H3,(H,18,23). The van der Waals surface area contributed by atoms with Gasteiger partial charge in [0.15, 0.2) is 0 Å². The highest BCUT2D eigenvalue weighted by Crippen LogP contribution is 2.11. The number of carbonyl (C=O) groups is 1. The predicted molar refractivity (Wildman–Crippen MR) is 88.1 cm³/mol. The molecule has 7 nitrogen and oxygen atoms in total. The molecular formula is C16H22N6O. The number of carbonyl (C=O) groups excluding carboxylic acids is 1. The lowest BCUT2D eigenvalue weighted by Gasteiger charge is -2.34. The molecule has 1 aromatic carbocycles. The third-order valence-electron chi connectivity index (χ3n) is 4.13. The van der Waals surface area contributed by atoms with E-state index in [0.29, 0.717) is 0 Å². The van der Waals surface area contributed by atoms with Crippen LogP contribution in [0.25, 0.3) is 0 Å². The Morgan fingerprint density at radius 2 is 1.87 bits per heavy atom. The number of nitrogens with zero attached hydrogens (tertiary/aromatic N) is 5. The Kier molecular flexibility index (Phi) is 4.57. The van der Waals surface area contributed by atoms with Gasteiger partial charge in [0, 0.05) is 38.9 Å². The molecule has 0 unspecified atom stereocenters. The fourth-order valence-corrected chi connectivity index (χ4v) is 2.60. The number of rotatable bonds is 3. The molecule has 1 N–H and O–H groups in total. The van der Waals surface area contributed by atoms with Crippen molar-refractivity contribution in [1.29, 1.82) is 0 Å². The van der Waals surface area contributed by atoms with Crippen LogP contribution in [0.4, 0.5) is 10.5 Å². The van der Waals surface area contributed by atoms with E-state index in [2.05, 4.69) is 20.4 Å². The van der Waals surface area contributed by atoms with Crippen molar-refractivity contribution < 1.29 is 4.79 Å². The Morgan fingerprint density at radius 1 is 1.17 bits per heavy atom. The Labute approximate surface area is 135 Å². The number of aryl methyl sites for hydroxylation is 2. The van der Waals surface area contributed by atoms with Gasteiger partial charge in [0.2, 0.25) is 0 Å². The van der Waals surface area contributed by atoms with Crippen LogP contribution >= 0.6 is 0 Å². The minimum absolute atomic E-state index is 0.0350. The molecule has 0 saturated carbocycles. The van der Waals surface area contributed by atoms with Gasteiger partial charge in [-0.2, -0.15) is 0 Å². The highest BCUT2D eigenvalue weighted by Gasteiger charge is 2.22. The minimum Gasteiger partial charge on any atom is -0.322 e. The van der Waals surface area contributed by atoms with Crippen molar-refractivity contribution in [3.8, 4) is 0 Å². The van der Waals surface area contributed by atoms with E-state index in [0.717, 1.165) is 44.2 Å². The molecule has 7 heteroatoms. The number of hydrogen-bond donors (Lipinski definition) is 1. The maximum absolute atomic E-state index is 12.3. The number of piperazine rings is 1. The van der Waals surface area contributed by atoms with E-state index < -0.39 is 0 Å². The van der Waals surface area contributed by atoms with E-state index in [1.54, 1.807) is 6.33 Å². The molecule has 0 atom stereocenters. The van der Waals surface area contributed by atoms with Gasteiger partial charge in [0.1, 0.15) is 12.2 Å². The summed E-state index contributed by atoms with van der Waals surface area (Å²) < 4.78 is 1.93. The second kappa shape index (κ2) is 6.78. The summed E-state index contributed by atoms with van der Waals surface area (Å²) in [6, 6.07) is 7.81. The first kappa shape index (κ1) is 15.5. The molecular weight excluding hydrogens is 292 g/mol. The van der Waals surface area contributed by atoms with Crippen LogP contribution in [0, 0.1) is 6.92 Å². The molecule has 0 spiro atoms. The van der Waals surface area contributed by atoms with Gasteiger partial charge < -0.3 is 14.8 Å². The monoisotopic (exact) mass is 314 g/mol. The number of benzene rings is 1. The number of amides is 2. The molecule has 1 aromatic heterocycles. The third kappa shape index (κ3) is 3.87. The summed E-state index contributed by atoms with van der Waals surface area (Å²) in [5.74, 6) is 0.947. The van der Waals surface area contributed by atoms with E-state index in [4.69, 9.17) is 0 Å². The SMILES string of the molecule is Cc1ccc(NC(=O)N2CCN(Cc3nncn3C)CC2)cc1. The lowest BCUT2D eigenvalue weighted by molar-refractivity contribution is 0.140. The summed E-state index contributed by atoms with van der Waals surface area (Å²) in [4.78, 5) is 16.4. The largest absolute Gasteiger partial charge is 0.322 e. The summed E-state index contributed by atoms with van der Waals surface area (Å²) in [6.07, 6.45) is 1.71. The van der Waals surface area contributed by atoms with Gasteiger partial charge in [-0.3, -0.25) is 4.90 Å². The van der Waals surface area contributed by atoms with Crippen molar-refractivity contribution in [2.75, 3.05) is 31.5 Å². The summed E-state index contributed by atoms with van der Waals surface area (Å²) >= 11 is 0. The molecule has 1 saturated heterocycles. The van der Waals surface area contributed by atoms with Crippen molar-refractivity contribution >= 4 is 11.7 Å². The number of anilines is 1. The topological polar surface area (TPSA) is 66.3 Å². The van der Waals surface area contributed by atoms with Crippen molar-refractivity contribution in [3.63, 3.8) is 0 Å². The van der Waals surface area contributed by atoms with Crippen molar-refractivity contribution in [2.24, 2.45) is 7.05 Å². The molecule has 2 aromatic rings. The summed E-state index contributed by atoms with van der Waals surface area (Å²) in [7, 11) is 1.95. The second-order valence-corrected chi connectivity index (χ2v) is 5.92. The van der Waals surface area contributed by atoms with Crippen LogP contribution < -0.4 is 5.32 Å². The Balaban J connectivity index is 1.49. The molecule has 1 aliphatic rings. The zero-order valence-electron chi connectivity index (χ0n) is 13.6. The summed E-state index contributed by atoms with van der Waals surface area (Å²) in [5, 5.41) is 11.0. The number of aromatic nitrogens is 3. The Morgan fingerprint density at radius 3 is 2.48 bits per heavy atom. The second-order valence-electron chi connectivity index (χ2n) is 5.92. The zero-order valence-corrected chi connectivity index (χ0v) is 13.6. The Hall–Kier alpha value is -2.41. The van der Waals surface area contributed by atoms with Crippen molar-refractivity contribution in [2.45, 2.75) is 13.5 Å². The third-order valence-corrected chi connectivity index (χ3v) is 4.13. The highest BCUT2D eigenvalue weighted by molar-refractivity contribution is 5.89. The zero-order chi connectivity index (χ0) is 16.2. The van der Waals surface area contributed by atoms with Gasteiger partial charge in [-0.1, -0.05) is 17.7 Å². The first-order valence-electron chi connectivity index (χ1n) is 7.79. The smallest absolute Gasteiger partial charge is 0.321 e. The molecule has 2 heterocycles. The number of nitrogens with one attached hydrogen (secondary N) is 1. The van der Waals surface area contributed by atoms with E-state index in [-0.39, 0.29) is 6.03 Å². The maximum atomic E-state index is 12.3. The molecule has 122 valence electrons. The van der Waals surface area contributed by atoms with Gasteiger partial charge in [0.05, 0.1) is 6.54 Å². The Bertz CT molecular complexity index is 657. The molecule has 1 fully saturated rings. The molecule has 23 heavy (non-hydrogen) atoms. The van der Waals surface area contributed by atoms with Crippen LogP contribution in [-0.4, -0.2) is 56.8 Å². The van der Waals surface area contributed by atoms with E-state index in [9.17, 15) is 4.79 Å². The lowest BCUT2D eigenvalue weighted by Crippen LogP contribution is -2.49. The average molecular weight is 314 g/mol. The number of hydrogen-bond acceptors (Lipinski definition) is 4. The minimum atomic E-state index is -0.0350. The van der Waals surface area contributed by atoms with Gasteiger partial charge in [-0.25, -0.2) is 4.79 Å². The van der Waals surface area contributed by atoms with Crippen molar-refractivity contribution in [3.05, 3.63) is 42.0 Å². The highest BCUT2D eigenvalue weighted by atomic mass is 16.2. The van der Waals surface area contributed by atoms with Crippen LogP contribution in [0.2, 0.25) is 0 Å². The van der Waals surface area contributed by atoms with Gasteiger partial charge in [-0.15, -0.1) is 10.2 Å². The van der Waals surface area contributed by atoms with Crippen LogP contribution in [0.1, 0.15) is 11.4 Å². The number of urea groups is 1. The normalized spacial score (nSPS) is 15.7. The van der Waals surface area contributed by atoms with E-state index in [1.807, 2.05) is 47.7 Å².